The van der Waals surface area contributed by atoms with Crippen molar-refractivity contribution < 1.29 is 14.3 Å². The number of aromatic amines is 1. The number of carbonyl (C=O) groups is 2. The van der Waals surface area contributed by atoms with Gasteiger partial charge in [0.15, 0.2) is 0 Å². The van der Waals surface area contributed by atoms with Crippen LogP contribution >= 0.6 is 0 Å². The minimum absolute atomic E-state index is 0.0139. The van der Waals surface area contributed by atoms with Gasteiger partial charge in [-0.25, -0.2) is 0 Å². The van der Waals surface area contributed by atoms with Gasteiger partial charge in [0.2, 0.25) is 5.91 Å². The maximum Gasteiger partial charge on any atom is 0.260 e. The molecule has 7 heteroatoms. The molecule has 0 radical (unpaired) electrons. The van der Waals surface area contributed by atoms with E-state index in [4.69, 9.17) is 4.74 Å². The van der Waals surface area contributed by atoms with E-state index in [0.29, 0.717) is 30.2 Å². The van der Waals surface area contributed by atoms with Crippen LogP contribution in [-0.4, -0.2) is 34.0 Å². The molecule has 0 saturated heterocycles. The monoisotopic (exact) mass is 300 g/mol. The van der Waals surface area contributed by atoms with Gasteiger partial charge in [0.05, 0.1) is 31.5 Å². The van der Waals surface area contributed by atoms with Crippen LogP contribution in [0.15, 0.2) is 24.3 Å². The van der Waals surface area contributed by atoms with Crippen molar-refractivity contribution in [1.29, 1.82) is 0 Å². The summed E-state index contributed by atoms with van der Waals surface area (Å²) in [5.74, 6) is 0.723. The Morgan fingerprint density at radius 1 is 1.32 bits per heavy atom. The lowest BCUT2D eigenvalue weighted by molar-refractivity contribution is -0.129. The molecule has 2 aromatic rings. The summed E-state index contributed by atoms with van der Waals surface area (Å²) in [6.45, 7) is 2.43. The molecule has 0 atom stereocenters. The molecule has 3 rings (SSSR count). The quantitative estimate of drug-likeness (QED) is 0.900. The van der Waals surface area contributed by atoms with E-state index in [1.165, 1.54) is 14.0 Å². The average Bonchev–Trinajstić information content (AvgIpc) is 3.09. The highest BCUT2D eigenvalue weighted by Crippen LogP contribution is 2.28. The second-order valence-electron chi connectivity index (χ2n) is 5.05. The van der Waals surface area contributed by atoms with Gasteiger partial charge in [0.25, 0.3) is 5.91 Å². The van der Waals surface area contributed by atoms with Gasteiger partial charge in [-0.1, -0.05) is 12.1 Å². The number of nitrogens with zero attached hydrogens (tertiary/aromatic N) is 2. The third-order valence-electron chi connectivity index (χ3n) is 3.68. The Balaban J connectivity index is 1.81. The second-order valence-corrected chi connectivity index (χ2v) is 5.05. The molecule has 0 saturated carbocycles. The van der Waals surface area contributed by atoms with E-state index < -0.39 is 0 Å². The summed E-state index contributed by atoms with van der Waals surface area (Å²) in [6.07, 6.45) is 0. The lowest BCUT2D eigenvalue weighted by Crippen LogP contribution is -2.23. The molecule has 1 aromatic heterocycles. The van der Waals surface area contributed by atoms with Gasteiger partial charge >= 0.3 is 0 Å². The number of para-hydroxylation sites is 1. The predicted molar refractivity (Wildman–Crippen MR) is 79.5 cm³/mol. The van der Waals surface area contributed by atoms with Crippen molar-refractivity contribution in [3.8, 4) is 5.75 Å². The maximum atomic E-state index is 12.4. The lowest BCUT2D eigenvalue weighted by Gasteiger charge is -2.13. The molecule has 0 fully saturated rings. The van der Waals surface area contributed by atoms with Gasteiger partial charge in [0.1, 0.15) is 11.6 Å². The summed E-state index contributed by atoms with van der Waals surface area (Å²) in [5, 5.41) is 9.76. The number of fused-ring (bicyclic) bond motifs is 1. The van der Waals surface area contributed by atoms with Crippen LogP contribution in [0.4, 0.5) is 5.82 Å². The van der Waals surface area contributed by atoms with E-state index >= 15 is 0 Å². The van der Waals surface area contributed by atoms with Crippen LogP contribution in [0.3, 0.4) is 0 Å². The Bertz CT molecular complexity index is 738. The van der Waals surface area contributed by atoms with Crippen molar-refractivity contribution in [1.82, 2.24) is 15.1 Å². The first-order chi connectivity index (χ1) is 10.6. The molecule has 2 N–H and O–H groups in total. The topological polar surface area (TPSA) is 87.3 Å². The number of methoxy groups -OCH3 is 1. The van der Waals surface area contributed by atoms with Crippen LogP contribution in [0.1, 0.15) is 28.5 Å². The fraction of sp³-hybridized carbons (Fsp3) is 0.267. The summed E-state index contributed by atoms with van der Waals surface area (Å²) < 4.78 is 5.19. The Labute approximate surface area is 127 Å². The molecule has 22 heavy (non-hydrogen) atoms. The van der Waals surface area contributed by atoms with Crippen LogP contribution in [-0.2, 0) is 17.9 Å². The van der Waals surface area contributed by atoms with Crippen molar-refractivity contribution >= 4 is 17.6 Å². The Morgan fingerprint density at radius 2 is 2.09 bits per heavy atom. The summed E-state index contributed by atoms with van der Waals surface area (Å²) >= 11 is 0. The molecule has 0 unspecified atom stereocenters. The Morgan fingerprint density at radius 3 is 2.82 bits per heavy atom. The van der Waals surface area contributed by atoms with E-state index in [9.17, 15) is 9.59 Å². The van der Waals surface area contributed by atoms with Crippen LogP contribution in [0.25, 0.3) is 0 Å². The van der Waals surface area contributed by atoms with E-state index in [2.05, 4.69) is 15.5 Å². The molecule has 1 aromatic carbocycles. The van der Waals surface area contributed by atoms with Crippen molar-refractivity contribution in [2.24, 2.45) is 0 Å². The molecule has 0 aliphatic carbocycles. The van der Waals surface area contributed by atoms with Gasteiger partial charge in [-0.15, -0.1) is 0 Å². The smallest absolute Gasteiger partial charge is 0.260 e. The maximum absolute atomic E-state index is 12.4. The van der Waals surface area contributed by atoms with E-state index in [0.717, 1.165) is 11.3 Å². The first-order valence-corrected chi connectivity index (χ1v) is 6.86. The van der Waals surface area contributed by atoms with Crippen molar-refractivity contribution in [3.63, 3.8) is 0 Å². The number of carbonyl (C=O) groups excluding carboxylic acids is 2. The van der Waals surface area contributed by atoms with Crippen LogP contribution < -0.4 is 10.1 Å². The van der Waals surface area contributed by atoms with E-state index in [1.54, 1.807) is 29.2 Å². The first kappa shape index (κ1) is 14.1. The number of anilines is 1. The molecule has 114 valence electrons. The Kier molecular flexibility index (Phi) is 3.54. The number of nitrogens with one attached hydrogen (secondary N) is 2. The molecule has 2 heterocycles. The van der Waals surface area contributed by atoms with Crippen LogP contribution in [0, 0.1) is 0 Å². The molecule has 0 spiro atoms. The van der Waals surface area contributed by atoms with Crippen molar-refractivity contribution in [2.75, 3.05) is 12.4 Å². The zero-order chi connectivity index (χ0) is 15.7. The summed E-state index contributed by atoms with van der Waals surface area (Å²) in [7, 11) is 1.52. The van der Waals surface area contributed by atoms with Gasteiger partial charge < -0.3 is 15.0 Å². The largest absolute Gasteiger partial charge is 0.496 e. The number of H-pyrrole nitrogens is 1. The van der Waals surface area contributed by atoms with Crippen LogP contribution in [0.2, 0.25) is 0 Å². The lowest BCUT2D eigenvalue weighted by atomic mass is 10.2. The van der Waals surface area contributed by atoms with Gasteiger partial charge in [-0.2, -0.15) is 5.10 Å². The molecular formula is C15H16N4O3. The van der Waals surface area contributed by atoms with Crippen molar-refractivity contribution in [2.45, 2.75) is 20.0 Å². The molecule has 7 nitrogen and oxygen atoms in total. The standard InChI is InChI=1S/C15H16N4O3/c1-9(20)19-7-11-12(8-19)17-18-14(11)16-15(21)10-5-3-4-6-13(10)22-2/h3-6H,7-8H2,1-2H3,(H2,16,17,18,21). The molecule has 1 aliphatic heterocycles. The number of hydrogen-bond donors (Lipinski definition) is 2. The minimum Gasteiger partial charge on any atom is -0.496 e. The summed E-state index contributed by atoms with van der Waals surface area (Å²) in [6, 6.07) is 6.98. The van der Waals surface area contributed by atoms with Crippen molar-refractivity contribution in [3.05, 3.63) is 41.1 Å². The SMILES string of the molecule is COc1ccccc1C(=O)Nc1[nH]nc2c1CN(C(C)=O)C2. The fourth-order valence-corrected chi connectivity index (χ4v) is 2.47. The zero-order valence-electron chi connectivity index (χ0n) is 12.3. The van der Waals surface area contributed by atoms with Gasteiger partial charge in [0, 0.05) is 12.5 Å². The highest BCUT2D eigenvalue weighted by atomic mass is 16.5. The Hall–Kier alpha value is -2.83. The number of amides is 2. The minimum atomic E-state index is -0.287. The summed E-state index contributed by atoms with van der Waals surface area (Å²) in [4.78, 5) is 25.5. The third kappa shape index (κ3) is 2.41. The average molecular weight is 300 g/mol. The number of rotatable bonds is 3. The number of aromatic nitrogens is 2. The molecular weight excluding hydrogens is 284 g/mol. The molecule has 2 amide bonds. The van der Waals surface area contributed by atoms with E-state index in [1.807, 2.05) is 0 Å². The predicted octanol–water partition coefficient (Wildman–Crippen LogP) is 1.53. The molecule has 0 bridgehead atoms. The van der Waals surface area contributed by atoms with Gasteiger partial charge in [-0.3, -0.25) is 14.7 Å². The van der Waals surface area contributed by atoms with Crippen LogP contribution in [0.5, 0.6) is 5.75 Å². The normalized spacial score (nSPS) is 12.9. The second kappa shape index (κ2) is 5.51. The number of ether oxygens (including phenoxy) is 1. The fourth-order valence-electron chi connectivity index (χ4n) is 2.47. The highest BCUT2D eigenvalue weighted by molar-refractivity contribution is 6.06. The summed E-state index contributed by atoms with van der Waals surface area (Å²) in [5.41, 5.74) is 2.07. The number of benzene rings is 1. The van der Waals surface area contributed by atoms with E-state index in [-0.39, 0.29) is 11.8 Å². The number of hydrogen-bond acceptors (Lipinski definition) is 4. The first-order valence-electron chi connectivity index (χ1n) is 6.86. The highest BCUT2D eigenvalue weighted by Gasteiger charge is 2.27. The molecule has 1 aliphatic rings. The van der Waals surface area contributed by atoms with Gasteiger partial charge in [-0.05, 0) is 12.1 Å². The third-order valence-corrected chi connectivity index (χ3v) is 3.68. The zero-order valence-corrected chi connectivity index (χ0v) is 12.3.